The van der Waals surface area contributed by atoms with E-state index in [9.17, 15) is 8.42 Å². The standard InChI is InChI=1S/C11H10N2O2S/c12-8-9-3-5-10(6-4-9)13-7-1-2-11(13)16(14)15/h3-6H,1-2,7H2. The fraction of sp³-hybridized carbons (Fsp3) is 0.273. The molecule has 2 rings (SSSR count). The van der Waals surface area contributed by atoms with Crippen LogP contribution in [0.25, 0.3) is 0 Å². The predicted molar refractivity (Wildman–Crippen MR) is 61.7 cm³/mol. The summed E-state index contributed by atoms with van der Waals surface area (Å²) in [4.78, 5) is 2.22. The Morgan fingerprint density at radius 1 is 1.25 bits per heavy atom. The van der Waals surface area contributed by atoms with Gasteiger partial charge in [-0.05, 0) is 30.7 Å². The van der Waals surface area contributed by atoms with Crippen molar-refractivity contribution in [1.82, 2.24) is 0 Å². The van der Waals surface area contributed by atoms with Gasteiger partial charge in [0.2, 0.25) is 10.3 Å². The van der Waals surface area contributed by atoms with Gasteiger partial charge in [0.1, 0.15) is 4.99 Å². The van der Waals surface area contributed by atoms with Gasteiger partial charge in [-0.3, -0.25) is 0 Å². The molecule has 1 aliphatic rings. The van der Waals surface area contributed by atoms with Crippen LogP contribution in [0.15, 0.2) is 24.3 Å². The van der Waals surface area contributed by atoms with Crippen molar-refractivity contribution in [1.29, 1.82) is 5.26 Å². The molecule has 0 spiro atoms. The van der Waals surface area contributed by atoms with Gasteiger partial charge in [-0.15, -0.1) is 0 Å². The minimum atomic E-state index is -2.15. The van der Waals surface area contributed by atoms with Crippen LogP contribution in [-0.4, -0.2) is 20.0 Å². The molecule has 5 heteroatoms. The third kappa shape index (κ3) is 1.92. The molecule has 82 valence electrons. The summed E-state index contributed by atoms with van der Waals surface area (Å²) in [6, 6.07) is 8.97. The second kappa shape index (κ2) is 4.37. The van der Waals surface area contributed by atoms with Crippen LogP contribution < -0.4 is 4.90 Å². The van der Waals surface area contributed by atoms with E-state index >= 15 is 0 Å². The smallest absolute Gasteiger partial charge is 0.234 e. The molecule has 1 aliphatic heterocycles. The summed E-state index contributed by atoms with van der Waals surface area (Å²) in [6.45, 7) is 0.717. The Hall–Kier alpha value is -1.80. The number of nitrogens with zero attached hydrogens (tertiary/aromatic N) is 2. The van der Waals surface area contributed by atoms with Gasteiger partial charge in [-0.1, -0.05) is 0 Å². The predicted octanol–water partition coefficient (Wildman–Crippen LogP) is 1.17. The van der Waals surface area contributed by atoms with Gasteiger partial charge in [-0.25, -0.2) is 0 Å². The highest BCUT2D eigenvalue weighted by Crippen LogP contribution is 2.21. The van der Waals surface area contributed by atoms with E-state index in [0.717, 1.165) is 18.7 Å². The lowest BCUT2D eigenvalue weighted by molar-refractivity contribution is 0.626. The zero-order valence-electron chi connectivity index (χ0n) is 8.55. The molecular weight excluding hydrogens is 224 g/mol. The average Bonchev–Trinajstić information content (AvgIpc) is 2.78. The van der Waals surface area contributed by atoms with Gasteiger partial charge in [0.15, 0.2) is 0 Å². The van der Waals surface area contributed by atoms with Crippen molar-refractivity contribution >= 4 is 21.0 Å². The van der Waals surface area contributed by atoms with Crippen LogP contribution in [-0.2, 0) is 10.3 Å². The molecule has 0 amide bonds. The summed E-state index contributed by atoms with van der Waals surface area (Å²) < 4.78 is 22.0. The lowest BCUT2D eigenvalue weighted by Crippen LogP contribution is -2.24. The fourth-order valence-corrected chi connectivity index (χ4v) is 2.50. The Labute approximate surface area is 95.3 Å². The minimum Gasteiger partial charge on any atom is -0.332 e. The van der Waals surface area contributed by atoms with Crippen molar-refractivity contribution in [2.24, 2.45) is 0 Å². The number of rotatable bonds is 1. The number of hydrogen-bond donors (Lipinski definition) is 0. The maximum absolute atomic E-state index is 11.0. The lowest BCUT2D eigenvalue weighted by Gasteiger charge is -2.16. The zero-order chi connectivity index (χ0) is 11.5. The van der Waals surface area contributed by atoms with Gasteiger partial charge in [0, 0.05) is 18.7 Å². The topological polar surface area (TPSA) is 61.2 Å². The summed E-state index contributed by atoms with van der Waals surface area (Å²) in [5.41, 5.74) is 1.41. The van der Waals surface area contributed by atoms with Gasteiger partial charge >= 0.3 is 0 Å². The first-order valence-electron chi connectivity index (χ1n) is 4.95. The molecule has 1 aromatic carbocycles. The molecule has 0 atom stereocenters. The van der Waals surface area contributed by atoms with Crippen molar-refractivity contribution in [3.8, 4) is 6.07 Å². The van der Waals surface area contributed by atoms with Crippen LogP contribution in [0, 0.1) is 11.3 Å². The third-order valence-corrected chi connectivity index (χ3v) is 3.38. The first kappa shape index (κ1) is 10.7. The van der Waals surface area contributed by atoms with Crippen molar-refractivity contribution in [3.05, 3.63) is 29.8 Å². The average molecular weight is 234 g/mol. The number of benzene rings is 1. The van der Waals surface area contributed by atoms with E-state index in [1.165, 1.54) is 0 Å². The largest absolute Gasteiger partial charge is 0.332 e. The maximum Gasteiger partial charge on any atom is 0.234 e. The summed E-state index contributed by atoms with van der Waals surface area (Å²) in [5, 5.41) is 8.67. The molecule has 1 fully saturated rings. The molecule has 0 radical (unpaired) electrons. The van der Waals surface area contributed by atoms with Gasteiger partial charge in [0.25, 0.3) is 0 Å². The first-order valence-corrected chi connectivity index (χ1v) is 6.02. The van der Waals surface area contributed by atoms with Gasteiger partial charge in [-0.2, -0.15) is 13.7 Å². The van der Waals surface area contributed by atoms with Crippen LogP contribution in [0.3, 0.4) is 0 Å². The van der Waals surface area contributed by atoms with Gasteiger partial charge in [0.05, 0.1) is 11.6 Å². The van der Waals surface area contributed by atoms with Crippen molar-refractivity contribution in [2.75, 3.05) is 11.4 Å². The van der Waals surface area contributed by atoms with E-state index in [2.05, 4.69) is 0 Å². The Kier molecular flexibility index (Phi) is 2.93. The zero-order valence-corrected chi connectivity index (χ0v) is 9.37. The Morgan fingerprint density at radius 2 is 1.94 bits per heavy atom. The summed E-state index contributed by atoms with van der Waals surface area (Å²) in [7, 11) is -2.15. The van der Waals surface area contributed by atoms with Crippen LogP contribution in [0.5, 0.6) is 0 Å². The van der Waals surface area contributed by atoms with Crippen LogP contribution in [0.1, 0.15) is 18.4 Å². The highest BCUT2D eigenvalue weighted by molar-refractivity contribution is 7.73. The normalized spacial score (nSPS) is 14.9. The fourth-order valence-electron chi connectivity index (χ4n) is 1.81. The molecule has 0 unspecified atom stereocenters. The molecule has 0 aromatic heterocycles. The minimum absolute atomic E-state index is 0.435. The molecule has 16 heavy (non-hydrogen) atoms. The van der Waals surface area contributed by atoms with Gasteiger partial charge < -0.3 is 4.90 Å². The second-order valence-corrected chi connectivity index (χ2v) is 4.48. The second-order valence-electron chi connectivity index (χ2n) is 3.54. The molecule has 4 nitrogen and oxygen atoms in total. The Balaban J connectivity index is 2.38. The van der Waals surface area contributed by atoms with Crippen LogP contribution in [0.2, 0.25) is 0 Å². The van der Waals surface area contributed by atoms with E-state index in [4.69, 9.17) is 5.26 Å². The first-order chi connectivity index (χ1) is 7.72. The quantitative estimate of drug-likeness (QED) is 0.684. The molecule has 0 bridgehead atoms. The summed E-state index contributed by atoms with van der Waals surface area (Å²) in [5.74, 6) is 0. The Bertz CT molecular complexity index is 559. The van der Waals surface area contributed by atoms with E-state index in [-0.39, 0.29) is 0 Å². The molecule has 1 saturated heterocycles. The van der Waals surface area contributed by atoms with E-state index in [0.29, 0.717) is 17.0 Å². The van der Waals surface area contributed by atoms with E-state index in [1.54, 1.807) is 29.2 Å². The monoisotopic (exact) mass is 234 g/mol. The highest BCUT2D eigenvalue weighted by Gasteiger charge is 2.21. The number of nitriles is 1. The summed E-state index contributed by atoms with van der Waals surface area (Å²) >= 11 is 0. The number of hydrogen-bond acceptors (Lipinski definition) is 3. The molecule has 0 N–H and O–H groups in total. The van der Waals surface area contributed by atoms with Crippen molar-refractivity contribution in [2.45, 2.75) is 12.8 Å². The molecule has 0 aliphatic carbocycles. The van der Waals surface area contributed by atoms with Crippen LogP contribution in [0.4, 0.5) is 5.69 Å². The highest BCUT2D eigenvalue weighted by atomic mass is 32.2. The maximum atomic E-state index is 11.0. The summed E-state index contributed by atoms with van der Waals surface area (Å²) in [6.07, 6.45) is 1.44. The number of anilines is 1. The van der Waals surface area contributed by atoms with E-state index in [1.807, 2.05) is 6.07 Å². The molecule has 1 aromatic rings. The molecule has 1 heterocycles. The lowest BCUT2D eigenvalue weighted by atomic mass is 10.2. The van der Waals surface area contributed by atoms with Crippen molar-refractivity contribution < 1.29 is 8.42 Å². The molecule has 0 saturated carbocycles. The Morgan fingerprint density at radius 3 is 2.50 bits per heavy atom. The molecular formula is C11H10N2O2S. The SMILES string of the molecule is N#Cc1ccc(N2CCCC2=S(=O)=O)cc1. The van der Waals surface area contributed by atoms with Crippen LogP contribution >= 0.6 is 0 Å². The van der Waals surface area contributed by atoms with Crippen molar-refractivity contribution in [3.63, 3.8) is 0 Å². The van der Waals surface area contributed by atoms with E-state index < -0.39 is 10.3 Å². The third-order valence-electron chi connectivity index (χ3n) is 2.57.